The van der Waals surface area contributed by atoms with Crippen molar-refractivity contribution < 1.29 is 9.53 Å². The highest BCUT2D eigenvalue weighted by Gasteiger charge is 2.24. The molecule has 5 heteroatoms. The quantitative estimate of drug-likeness (QED) is 0.419. The van der Waals surface area contributed by atoms with Crippen molar-refractivity contribution in [3.05, 3.63) is 94.6 Å². The van der Waals surface area contributed by atoms with Crippen LogP contribution in [0, 0.1) is 0 Å². The van der Waals surface area contributed by atoms with Gasteiger partial charge < -0.3 is 10.1 Å². The molecular weight excluding hydrogens is 396 g/mol. The molecule has 0 bridgehead atoms. The Balaban J connectivity index is 1.54. The largest absolute Gasteiger partial charge is 0.455 e. The molecule has 4 nitrogen and oxygen atoms in total. The average Bonchev–Trinajstić information content (AvgIpc) is 3.22. The zero-order valence-corrected chi connectivity index (χ0v) is 16.9. The van der Waals surface area contributed by atoms with Gasteiger partial charge in [-0.05, 0) is 67.3 Å². The van der Waals surface area contributed by atoms with E-state index in [-0.39, 0.29) is 5.91 Å². The summed E-state index contributed by atoms with van der Waals surface area (Å²) >= 11 is 6.24. The first-order valence-corrected chi connectivity index (χ1v) is 10.3. The summed E-state index contributed by atoms with van der Waals surface area (Å²) in [5.41, 5.74) is 4.08. The summed E-state index contributed by atoms with van der Waals surface area (Å²) in [7, 11) is 0. The topological polar surface area (TPSA) is 51.2 Å². The number of rotatable bonds is 4. The van der Waals surface area contributed by atoms with Gasteiger partial charge in [0, 0.05) is 16.1 Å². The molecule has 1 aromatic heterocycles. The van der Waals surface area contributed by atoms with E-state index in [9.17, 15) is 4.79 Å². The number of halogens is 1. The molecule has 3 aromatic carbocycles. The maximum absolute atomic E-state index is 13.5. The number of pyridine rings is 1. The van der Waals surface area contributed by atoms with E-state index in [4.69, 9.17) is 21.3 Å². The Bertz CT molecular complexity index is 1250. The monoisotopic (exact) mass is 414 g/mol. The Hall–Kier alpha value is -3.37. The third-order valence-corrected chi connectivity index (χ3v) is 5.54. The highest BCUT2D eigenvalue weighted by molar-refractivity contribution is 6.31. The molecule has 0 saturated heterocycles. The number of amides is 1. The molecule has 0 atom stereocenters. The third kappa shape index (κ3) is 3.51. The second kappa shape index (κ2) is 7.81. The van der Waals surface area contributed by atoms with Gasteiger partial charge in [-0.1, -0.05) is 41.9 Å². The number of nitrogens with one attached hydrogen (secondary N) is 1. The molecule has 30 heavy (non-hydrogen) atoms. The van der Waals surface area contributed by atoms with Gasteiger partial charge in [0.05, 0.1) is 16.8 Å². The van der Waals surface area contributed by atoms with Crippen molar-refractivity contribution >= 4 is 34.1 Å². The molecule has 148 valence electrons. The summed E-state index contributed by atoms with van der Waals surface area (Å²) in [6, 6.07) is 22.5. The molecule has 1 N–H and O–H groups in total. The molecule has 1 aliphatic rings. The Morgan fingerprint density at radius 2 is 1.77 bits per heavy atom. The number of aromatic nitrogens is 1. The normalized spacial score (nSPS) is 12.6. The number of benzene rings is 3. The van der Waals surface area contributed by atoms with E-state index < -0.39 is 0 Å². The van der Waals surface area contributed by atoms with Crippen molar-refractivity contribution in [2.75, 3.05) is 5.32 Å². The predicted octanol–water partition coefficient (Wildman–Crippen LogP) is 6.42. The fourth-order valence-electron chi connectivity index (χ4n) is 3.95. The molecule has 1 amide bonds. The van der Waals surface area contributed by atoms with Crippen molar-refractivity contribution in [3.63, 3.8) is 0 Å². The van der Waals surface area contributed by atoms with Gasteiger partial charge in [-0.2, -0.15) is 0 Å². The van der Waals surface area contributed by atoms with E-state index >= 15 is 0 Å². The zero-order chi connectivity index (χ0) is 20.5. The van der Waals surface area contributed by atoms with Gasteiger partial charge in [0.25, 0.3) is 5.91 Å². The maximum Gasteiger partial charge on any atom is 0.256 e. The molecule has 0 unspecified atom stereocenters. The smallest absolute Gasteiger partial charge is 0.256 e. The molecular formula is C25H19ClN2O2. The van der Waals surface area contributed by atoms with Crippen LogP contribution in [0.25, 0.3) is 10.9 Å². The molecule has 1 heterocycles. The lowest BCUT2D eigenvalue weighted by molar-refractivity contribution is 0.102. The van der Waals surface area contributed by atoms with Crippen LogP contribution in [0.15, 0.2) is 72.8 Å². The number of nitrogens with zero attached hydrogens (tertiary/aromatic N) is 1. The van der Waals surface area contributed by atoms with Crippen LogP contribution in [0.3, 0.4) is 0 Å². The molecule has 4 aromatic rings. The molecule has 0 saturated carbocycles. The first-order valence-electron chi connectivity index (χ1n) is 9.93. The number of ether oxygens (including phenoxy) is 1. The lowest BCUT2D eigenvalue weighted by atomic mass is 10.0. The van der Waals surface area contributed by atoms with Crippen LogP contribution in [-0.4, -0.2) is 10.9 Å². The summed E-state index contributed by atoms with van der Waals surface area (Å²) in [5, 5.41) is 4.42. The van der Waals surface area contributed by atoms with E-state index in [0.717, 1.165) is 41.4 Å². The number of aryl methyl sites for hydroxylation is 1. The van der Waals surface area contributed by atoms with Gasteiger partial charge in [0.15, 0.2) is 5.75 Å². The number of hydrogen-bond acceptors (Lipinski definition) is 3. The van der Waals surface area contributed by atoms with Crippen LogP contribution in [0.5, 0.6) is 11.5 Å². The SMILES string of the molecule is O=C(Nc1ccccc1Oc1ccccc1)c1c2c(nc3ccc(Cl)cc13)CCC2. The Morgan fingerprint density at radius 3 is 2.63 bits per heavy atom. The van der Waals surface area contributed by atoms with Gasteiger partial charge in [-0.15, -0.1) is 0 Å². The van der Waals surface area contributed by atoms with Crippen molar-refractivity contribution in [2.24, 2.45) is 0 Å². The molecule has 0 fully saturated rings. The number of carbonyl (C=O) groups is 1. The maximum atomic E-state index is 13.5. The van der Waals surface area contributed by atoms with Crippen LogP contribution >= 0.6 is 11.6 Å². The van der Waals surface area contributed by atoms with Crippen molar-refractivity contribution in [1.82, 2.24) is 4.98 Å². The van der Waals surface area contributed by atoms with E-state index in [1.165, 1.54) is 0 Å². The highest BCUT2D eigenvalue weighted by atomic mass is 35.5. The van der Waals surface area contributed by atoms with Gasteiger partial charge in [0.2, 0.25) is 0 Å². The van der Waals surface area contributed by atoms with Crippen LogP contribution in [-0.2, 0) is 12.8 Å². The number of fused-ring (bicyclic) bond motifs is 2. The molecule has 1 aliphatic carbocycles. The van der Waals surface area contributed by atoms with Gasteiger partial charge in [0.1, 0.15) is 5.75 Å². The summed E-state index contributed by atoms with van der Waals surface area (Å²) in [5.74, 6) is 1.12. The fourth-order valence-corrected chi connectivity index (χ4v) is 4.13. The third-order valence-electron chi connectivity index (χ3n) is 5.31. The summed E-state index contributed by atoms with van der Waals surface area (Å²) < 4.78 is 6.00. The van der Waals surface area contributed by atoms with Crippen LogP contribution < -0.4 is 10.1 Å². The summed E-state index contributed by atoms with van der Waals surface area (Å²) in [6.07, 6.45) is 2.73. The van der Waals surface area contributed by atoms with E-state index in [1.807, 2.05) is 72.8 Å². The predicted molar refractivity (Wildman–Crippen MR) is 120 cm³/mol. The highest BCUT2D eigenvalue weighted by Crippen LogP contribution is 2.34. The first kappa shape index (κ1) is 18.6. The molecule has 0 spiro atoms. The van der Waals surface area contributed by atoms with Crippen molar-refractivity contribution in [2.45, 2.75) is 19.3 Å². The van der Waals surface area contributed by atoms with E-state index in [1.54, 1.807) is 0 Å². The number of para-hydroxylation sites is 3. The molecule has 0 aliphatic heterocycles. The standard InChI is InChI=1S/C25H19ClN2O2/c26-16-13-14-21-19(15-16)24(18-9-6-11-20(18)27-21)25(29)28-22-10-4-5-12-23(22)30-17-7-2-1-3-8-17/h1-5,7-8,10,12-15H,6,9,11H2,(H,28,29). The van der Waals surface area contributed by atoms with Crippen LogP contribution in [0.4, 0.5) is 5.69 Å². The minimum Gasteiger partial charge on any atom is -0.455 e. The van der Waals surface area contributed by atoms with Gasteiger partial charge >= 0.3 is 0 Å². The lowest BCUT2D eigenvalue weighted by Crippen LogP contribution is -2.16. The summed E-state index contributed by atoms with van der Waals surface area (Å²) in [6.45, 7) is 0. The minimum absolute atomic E-state index is 0.174. The zero-order valence-electron chi connectivity index (χ0n) is 16.2. The number of carbonyl (C=O) groups excluding carboxylic acids is 1. The van der Waals surface area contributed by atoms with Gasteiger partial charge in [-0.25, -0.2) is 0 Å². The van der Waals surface area contributed by atoms with Crippen LogP contribution in [0.2, 0.25) is 5.02 Å². The van der Waals surface area contributed by atoms with Gasteiger partial charge in [-0.3, -0.25) is 9.78 Å². The fraction of sp³-hybridized carbons (Fsp3) is 0.120. The second-order valence-corrected chi connectivity index (χ2v) is 7.73. The number of hydrogen-bond donors (Lipinski definition) is 1. The lowest BCUT2D eigenvalue weighted by Gasteiger charge is -2.15. The van der Waals surface area contributed by atoms with E-state index in [0.29, 0.717) is 27.8 Å². The van der Waals surface area contributed by atoms with Crippen LogP contribution in [0.1, 0.15) is 28.0 Å². The average molecular weight is 415 g/mol. The van der Waals surface area contributed by atoms with Crippen molar-refractivity contribution in [1.29, 1.82) is 0 Å². The Morgan fingerprint density at radius 1 is 0.967 bits per heavy atom. The minimum atomic E-state index is -0.174. The molecule has 5 rings (SSSR count). The number of anilines is 1. The Labute approximate surface area is 179 Å². The second-order valence-electron chi connectivity index (χ2n) is 7.29. The summed E-state index contributed by atoms with van der Waals surface area (Å²) in [4.78, 5) is 18.2. The molecule has 0 radical (unpaired) electrons. The first-order chi connectivity index (χ1) is 14.7. The van der Waals surface area contributed by atoms with Crippen molar-refractivity contribution in [3.8, 4) is 11.5 Å². The van der Waals surface area contributed by atoms with E-state index in [2.05, 4.69) is 5.32 Å². The Kier molecular flexibility index (Phi) is 4.85.